The molecule has 1 atom stereocenters. The van der Waals surface area contributed by atoms with Gasteiger partial charge in [0.2, 0.25) is 5.91 Å². The van der Waals surface area contributed by atoms with Gasteiger partial charge in [0, 0.05) is 27.6 Å². The molecule has 2 amide bonds. The fourth-order valence-electron chi connectivity index (χ4n) is 3.96. The summed E-state index contributed by atoms with van der Waals surface area (Å²) in [6.07, 6.45) is 0. The molecule has 4 aromatic rings. The van der Waals surface area contributed by atoms with Crippen molar-refractivity contribution < 1.29 is 29.0 Å². The SMILES string of the molecule is COc1ccc(OC)c(NC(=O)C(C)Sc2cccc(NC(=O)c3cccc4cccc(C(=O)O)c34)c2)c1. The first kappa shape index (κ1) is 26.6. The lowest BCUT2D eigenvalue weighted by Gasteiger charge is -2.15. The Morgan fingerprint density at radius 2 is 1.55 bits per heavy atom. The highest BCUT2D eigenvalue weighted by atomic mass is 32.2. The molecule has 4 rings (SSSR count). The molecule has 3 N–H and O–H groups in total. The minimum absolute atomic E-state index is 0.0602. The minimum Gasteiger partial charge on any atom is -0.497 e. The number of carboxylic acids is 1. The van der Waals surface area contributed by atoms with Crippen molar-refractivity contribution in [2.45, 2.75) is 17.1 Å². The number of methoxy groups -OCH3 is 2. The quantitative estimate of drug-likeness (QED) is 0.230. The normalized spacial score (nSPS) is 11.4. The van der Waals surface area contributed by atoms with Gasteiger partial charge in [-0.15, -0.1) is 11.8 Å². The molecule has 9 heteroatoms. The molecule has 0 radical (unpaired) electrons. The van der Waals surface area contributed by atoms with E-state index in [1.54, 1.807) is 80.8 Å². The molecule has 0 fully saturated rings. The molecule has 194 valence electrons. The summed E-state index contributed by atoms with van der Waals surface area (Å²) in [5.74, 6) is -0.657. The van der Waals surface area contributed by atoms with E-state index in [0.29, 0.717) is 33.6 Å². The fraction of sp³-hybridized carbons (Fsp3) is 0.138. The van der Waals surface area contributed by atoms with E-state index >= 15 is 0 Å². The molecule has 4 aromatic carbocycles. The van der Waals surface area contributed by atoms with Crippen molar-refractivity contribution in [3.8, 4) is 11.5 Å². The fourth-order valence-corrected chi connectivity index (χ4v) is 4.88. The number of hydrogen-bond donors (Lipinski definition) is 3. The monoisotopic (exact) mass is 530 g/mol. The van der Waals surface area contributed by atoms with Crippen LogP contribution in [0.2, 0.25) is 0 Å². The van der Waals surface area contributed by atoms with Crippen molar-refractivity contribution in [1.82, 2.24) is 0 Å². The van der Waals surface area contributed by atoms with E-state index in [4.69, 9.17) is 9.47 Å². The lowest BCUT2D eigenvalue weighted by atomic mass is 9.98. The average Bonchev–Trinajstić information content (AvgIpc) is 2.92. The summed E-state index contributed by atoms with van der Waals surface area (Å²) >= 11 is 1.33. The number of thioether (sulfide) groups is 1. The van der Waals surface area contributed by atoms with E-state index < -0.39 is 17.1 Å². The number of amides is 2. The van der Waals surface area contributed by atoms with Gasteiger partial charge in [-0.05, 0) is 54.8 Å². The van der Waals surface area contributed by atoms with Crippen LogP contribution in [0, 0.1) is 0 Å². The van der Waals surface area contributed by atoms with Crippen molar-refractivity contribution in [1.29, 1.82) is 0 Å². The van der Waals surface area contributed by atoms with Gasteiger partial charge in [-0.3, -0.25) is 9.59 Å². The third kappa shape index (κ3) is 5.90. The number of rotatable bonds is 9. The van der Waals surface area contributed by atoms with Gasteiger partial charge in [-0.2, -0.15) is 0 Å². The summed E-state index contributed by atoms with van der Waals surface area (Å²) in [4.78, 5) is 38.6. The molecule has 1 unspecified atom stereocenters. The third-order valence-electron chi connectivity index (χ3n) is 5.82. The Morgan fingerprint density at radius 3 is 2.24 bits per heavy atom. The molecule has 0 aromatic heterocycles. The van der Waals surface area contributed by atoms with E-state index in [9.17, 15) is 19.5 Å². The maximum Gasteiger partial charge on any atom is 0.336 e. The second kappa shape index (κ2) is 11.7. The first-order valence-corrected chi connectivity index (χ1v) is 12.5. The van der Waals surface area contributed by atoms with E-state index in [1.165, 1.54) is 24.9 Å². The summed E-state index contributed by atoms with van der Waals surface area (Å²) in [5, 5.41) is 15.9. The van der Waals surface area contributed by atoms with Crippen molar-refractivity contribution in [2.24, 2.45) is 0 Å². The number of carbonyl (C=O) groups excluding carboxylic acids is 2. The Hall–Kier alpha value is -4.50. The van der Waals surface area contributed by atoms with Crippen molar-refractivity contribution in [2.75, 3.05) is 24.9 Å². The lowest BCUT2D eigenvalue weighted by molar-refractivity contribution is -0.115. The maximum absolute atomic E-state index is 13.2. The summed E-state index contributed by atoms with van der Waals surface area (Å²) < 4.78 is 10.6. The predicted octanol–water partition coefficient (Wildman–Crippen LogP) is 5.93. The molecular formula is C29H26N2O6S. The Balaban J connectivity index is 1.49. The number of hydrogen-bond acceptors (Lipinski definition) is 6. The minimum atomic E-state index is -1.10. The van der Waals surface area contributed by atoms with E-state index in [0.717, 1.165) is 4.90 Å². The number of benzene rings is 4. The molecule has 38 heavy (non-hydrogen) atoms. The summed E-state index contributed by atoms with van der Waals surface area (Å²) in [7, 11) is 3.07. The molecule has 0 heterocycles. The molecule has 0 aliphatic heterocycles. The largest absolute Gasteiger partial charge is 0.497 e. The number of ether oxygens (including phenoxy) is 2. The van der Waals surface area contributed by atoms with Crippen LogP contribution in [0.25, 0.3) is 10.8 Å². The van der Waals surface area contributed by atoms with Gasteiger partial charge in [0.25, 0.3) is 5.91 Å². The van der Waals surface area contributed by atoms with Gasteiger partial charge in [0.15, 0.2) is 0 Å². The van der Waals surface area contributed by atoms with Crippen LogP contribution in [-0.4, -0.2) is 42.4 Å². The van der Waals surface area contributed by atoms with Gasteiger partial charge in [0.05, 0.1) is 30.7 Å². The highest BCUT2D eigenvalue weighted by Crippen LogP contribution is 2.32. The highest BCUT2D eigenvalue weighted by molar-refractivity contribution is 8.00. The number of nitrogens with one attached hydrogen (secondary N) is 2. The molecule has 0 saturated heterocycles. The molecule has 0 aliphatic carbocycles. The standard InChI is InChI=1S/C29H26N2O6S/c1-17(27(32)31-24-16-20(36-2)13-14-25(24)37-3)38-21-10-6-9-19(15-21)30-28(33)22-11-4-7-18-8-5-12-23(26(18)22)29(34)35/h4-17H,1-3H3,(H,30,33)(H,31,32)(H,34,35). The molecule has 0 aliphatic rings. The van der Waals surface area contributed by atoms with Gasteiger partial charge < -0.3 is 25.2 Å². The Labute approximate surface area is 224 Å². The number of carbonyl (C=O) groups is 3. The van der Waals surface area contributed by atoms with Gasteiger partial charge in [-0.25, -0.2) is 4.79 Å². The van der Waals surface area contributed by atoms with Gasteiger partial charge in [-0.1, -0.05) is 30.3 Å². The topological polar surface area (TPSA) is 114 Å². The summed E-state index contributed by atoms with van der Waals surface area (Å²) in [6.45, 7) is 1.78. The molecular weight excluding hydrogens is 504 g/mol. The zero-order valence-electron chi connectivity index (χ0n) is 21.0. The maximum atomic E-state index is 13.2. The Bertz CT molecular complexity index is 1520. The Kier molecular flexibility index (Phi) is 8.18. The van der Waals surface area contributed by atoms with Crippen LogP contribution in [-0.2, 0) is 4.79 Å². The van der Waals surface area contributed by atoms with Crippen molar-refractivity contribution >= 4 is 51.7 Å². The van der Waals surface area contributed by atoms with Gasteiger partial charge in [0.1, 0.15) is 11.5 Å². The number of fused-ring (bicyclic) bond motifs is 1. The smallest absolute Gasteiger partial charge is 0.336 e. The van der Waals surface area contributed by atoms with Crippen LogP contribution in [0.5, 0.6) is 11.5 Å². The average molecular weight is 531 g/mol. The zero-order valence-corrected chi connectivity index (χ0v) is 21.8. The van der Waals surface area contributed by atoms with E-state index in [1.807, 2.05) is 6.07 Å². The second-order valence-electron chi connectivity index (χ2n) is 8.31. The van der Waals surface area contributed by atoms with Crippen molar-refractivity contribution in [3.05, 3.63) is 90.0 Å². The van der Waals surface area contributed by atoms with Crippen LogP contribution in [0.3, 0.4) is 0 Å². The number of aromatic carboxylic acids is 1. The zero-order chi connectivity index (χ0) is 27.2. The second-order valence-corrected chi connectivity index (χ2v) is 9.73. The number of anilines is 2. The predicted molar refractivity (Wildman–Crippen MR) is 149 cm³/mol. The van der Waals surface area contributed by atoms with Crippen LogP contribution in [0.1, 0.15) is 27.6 Å². The lowest BCUT2D eigenvalue weighted by Crippen LogP contribution is -2.22. The van der Waals surface area contributed by atoms with Gasteiger partial charge >= 0.3 is 5.97 Å². The first-order valence-electron chi connectivity index (χ1n) is 11.7. The van der Waals surface area contributed by atoms with Crippen LogP contribution in [0.15, 0.2) is 83.8 Å². The molecule has 8 nitrogen and oxygen atoms in total. The van der Waals surface area contributed by atoms with Crippen LogP contribution >= 0.6 is 11.8 Å². The van der Waals surface area contributed by atoms with Crippen molar-refractivity contribution in [3.63, 3.8) is 0 Å². The van der Waals surface area contributed by atoms with E-state index in [-0.39, 0.29) is 17.0 Å². The first-order chi connectivity index (χ1) is 18.3. The third-order valence-corrected chi connectivity index (χ3v) is 6.91. The highest BCUT2D eigenvalue weighted by Gasteiger charge is 2.19. The van der Waals surface area contributed by atoms with Crippen LogP contribution < -0.4 is 20.1 Å². The molecule has 0 saturated carbocycles. The summed E-state index contributed by atoms with van der Waals surface area (Å²) in [5.41, 5.74) is 1.34. The van der Waals surface area contributed by atoms with E-state index in [2.05, 4.69) is 10.6 Å². The Morgan fingerprint density at radius 1 is 0.842 bits per heavy atom. The number of carboxylic acid groups (broad SMARTS) is 1. The molecule has 0 bridgehead atoms. The van der Waals surface area contributed by atoms with Crippen LogP contribution in [0.4, 0.5) is 11.4 Å². The molecule has 0 spiro atoms. The summed E-state index contributed by atoms with van der Waals surface area (Å²) in [6, 6.07) is 22.2.